The van der Waals surface area contributed by atoms with Gasteiger partial charge >= 0.3 is 0 Å². The largest absolute Gasteiger partial charge is 0.396 e. The van der Waals surface area contributed by atoms with Gasteiger partial charge in [0.1, 0.15) is 0 Å². The highest BCUT2D eigenvalue weighted by atomic mass is 28.3. The van der Waals surface area contributed by atoms with Gasteiger partial charge in [-0.15, -0.1) is 0 Å². The first-order chi connectivity index (χ1) is 10.5. The van der Waals surface area contributed by atoms with E-state index < -0.39 is 8.07 Å². The Morgan fingerprint density at radius 3 is 1.95 bits per heavy atom. The minimum Gasteiger partial charge on any atom is -0.396 e. The highest BCUT2D eigenvalue weighted by Gasteiger charge is 2.43. The van der Waals surface area contributed by atoms with Crippen molar-refractivity contribution in [2.45, 2.75) is 44.3 Å². The van der Waals surface area contributed by atoms with E-state index >= 15 is 0 Å². The van der Waals surface area contributed by atoms with E-state index in [1.54, 1.807) is 0 Å². The Hall–Kier alpha value is -1.38. The van der Waals surface area contributed by atoms with E-state index in [4.69, 9.17) is 0 Å². The monoisotopic (exact) mass is 312 g/mol. The second kappa shape index (κ2) is 7.25. The first-order valence-corrected chi connectivity index (χ1v) is 11.2. The molecule has 22 heavy (non-hydrogen) atoms. The molecule has 2 heteroatoms. The number of hydrogen-bond donors (Lipinski definition) is 1. The Morgan fingerprint density at radius 1 is 0.864 bits per heavy atom. The molecule has 118 valence electrons. The van der Waals surface area contributed by atoms with Crippen LogP contribution < -0.4 is 5.19 Å². The van der Waals surface area contributed by atoms with Crippen LogP contribution in [0.1, 0.15) is 25.3 Å². The third-order valence-corrected chi connectivity index (χ3v) is 10.8. The lowest BCUT2D eigenvalue weighted by Crippen LogP contribution is -2.52. The topological polar surface area (TPSA) is 20.2 Å². The van der Waals surface area contributed by atoms with Gasteiger partial charge in [0.15, 0.2) is 0 Å². The van der Waals surface area contributed by atoms with Crippen LogP contribution >= 0.6 is 0 Å². The molecule has 0 bridgehead atoms. The lowest BCUT2D eigenvalue weighted by Gasteiger charge is -2.43. The van der Waals surface area contributed by atoms with Crippen molar-refractivity contribution in [3.63, 3.8) is 0 Å². The van der Waals surface area contributed by atoms with Crippen LogP contribution in [0.3, 0.4) is 0 Å². The van der Waals surface area contributed by atoms with Crippen LogP contribution in [0, 0.1) is 0 Å². The van der Waals surface area contributed by atoms with E-state index in [-0.39, 0.29) is 11.6 Å². The quantitative estimate of drug-likeness (QED) is 0.752. The van der Waals surface area contributed by atoms with Crippen molar-refractivity contribution in [2.24, 2.45) is 0 Å². The van der Waals surface area contributed by atoms with Crippen molar-refractivity contribution in [3.05, 3.63) is 66.2 Å². The minimum atomic E-state index is -1.67. The molecule has 2 aromatic carbocycles. The van der Waals surface area contributed by atoms with E-state index in [0.717, 1.165) is 19.3 Å². The van der Waals surface area contributed by atoms with E-state index in [0.29, 0.717) is 0 Å². The lowest BCUT2D eigenvalue weighted by atomic mass is 9.97. The predicted octanol–water partition coefficient (Wildman–Crippen LogP) is 4.38. The molecule has 1 N–H and O–H groups in total. The fraction of sp³-hybridized carbons (Fsp3) is 0.400. The molecule has 0 spiro atoms. The molecule has 0 saturated heterocycles. The SMILES string of the molecule is C[C@@](CCO)(CCc1ccccc1)[Si](C)(C)c1ccccc1. The first-order valence-electron chi connectivity index (χ1n) is 8.20. The van der Waals surface area contributed by atoms with Crippen molar-refractivity contribution in [2.75, 3.05) is 6.61 Å². The van der Waals surface area contributed by atoms with Gasteiger partial charge in [0.2, 0.25) is 0 Å². The predicted molar refractivity (Wildman–Crippen MR) is 98.4 cm³/mol. The molecule has 2 aromatic rings. The third kappa shape index (κ3) is 3.68. The van der Waals surface area contributed by atoms with E-state index in [1.165, 1.54) is 10.8 Å². The summed E-state index contributed by atoms with van der Waals surface area (Å²) >= 11 is 0. The van der Waals surface area contributed by atoms with E-state index in [2.05, 4.69) is 80.7 Å². The number of rotatable bonds is 7. The normalized spacial score (nSPS) is 14.5. The standard InChI is InChI=1S/C20H28OSi/c1-20(16-17-21,15-14-18-10-6-4-7-11-18)22(2,3)19-12-8-5-9-13-19/h4-13,21H,14-17H2,1-3H3/t20-/m0/s1. The zero-order valence-corrected chi connectivity index (χ0v) is 15.0. The number of hydrogen-bond acceptors (Lipinski definition) is 1. The number of aliphatic hydroxyl groups is 1. The van der Waals surface area contributed by atoms with Crippen molar-refractivity contribution >= 4 is 13.3 Å². The summed E-state index contributed by atoms with van der Waals surface area (Å²) in [5.74, 6) is 0. The van der Waals surface area contributed by atoms with Crippen LogP contribution in [0.15, 0.2) is 60.7 Å². The van der Waals surface area contributed by atoms with Crippen LogP contribution in [0.5, 0.6) is 0 Å². The second-order valence-electron chi connectivity index (χ2n) is 7.01. The van der Waals surface area contributed by atoms with Crippen molar-refractivity contribution in [1.82, 2.24) is 0 Å². The smallest absolute Gasteiger partial charge is 0.0865 e. The summed E-state index contributed by atoms with van der Waals surface area (Å²) in [6.45, 7) is 7.55. The molecule has 2 rings (SSSR count). The van der Waals surface area contributed by atoms with Gasteiger partial charge in [-0.1, -0.05) is 85.9 Å². The van der Waals surface area contributed by atoms with Crippen LogP contribution in [0.2, 0.25) is 18.1 Å². The summed E-state index contributed by atoms with van der Waals surface area (Å²) in [6, 6.07) is 21.6. The molecule has 0 aliphatic carbocycles. The number of aryl methyl sites for hydroxylation is 1. The van der Waals surface area contributed by atoms with Crippen molar-refractivity contribution < 1.29 is 5.11 Å². The average Bonchev–Trinajstić information content (AvgIpc) is 2.55. The molecule has 0 heterocycles. The van der Waals surface area contributed by atoms with Crippen molar-refractivity contribution in [3.8, 4) is 0 Å². The van der Waals surface area contributed by atoms with Gasteiger partial charge in [-0.3, -0.25) is 0 Å². The molecule has 0 aliphatic heterocycles. The van der Waals surface area contributed by atoms with Crippen molar-refractivity contribution in [1.29, 1.82) is 0 Å². The molecule has 1 atom stereocenters. The van der Waals surface area contributed by atoms with Gasteiger partial charge in [-0.2, -0.15) is 0 Å². The number of benzene rings is 2. The molecular formula is C20H28OSi. The molecule has 0 aliphatic rings. The summed E-state index contributed by atoms with van der Waals surface area (Å²) in [5, 5.41) is 11.3. The minimum absolute atomic E-state index is 0.193. The summed E-state index contributed by atoms with van der Waals surface area (Å²) in [5.41, 5.74) is 1.39. The highest BCUT2D eigenvalue weighted by molar-refractivity contribution is 6.92. The summed E-state index contributed by atoms with van der Waals surface area (Å²) in [4.78, 5) is 0. The Balaban J connectivity index is 2.23. The Bertz CT molecular complexity index is 565. The fourth-order valence-corrected chi connectivity index (χ4v) is 6.47. The van der Waals surface area contributed by atoms with Gasteiger partial charge in [0, 0.05) is 6.61 Å². The van der Waals surface area contributed by atoms with Crippen LogP contribution in [0.25, 0.3) is 0 Å². The Kier molecular flexibility index (Phi) is 5.60. The van der Waals surface area contributed by atoms with Crippen LogP contribution in [0.4, 0.5) is 0 Å². The zero-order valence-electron chi connectivity index (χ0n) is 14.0. The first kappa shape index (κ1) is 17.0. The van der Waals surface area contributed by atoms with E-state index in [9.17, 15) is 5.11 Å². The molecule has 0 amide bonds. The van der Waals surface area contributed by atoms with Gasteiger partial charge in [0.05, 0.1) is 8.07 Å². The zero-order chi connectivity index (χ0) is 16.1. The average molecular weight is 313 g/mol. The molecule has 1 nitrogen and oxygen atoms in total. The second-order valence-corrected chi connectivity index (χ2v) is 12.0. The number of aliphatic hydroxyl groups excluding tert-OH is 1. The molecule has 0 saturated carbocycles. The summed E-state index contributed by atoms with van der Waals surface area (Å²) in [6.07, 6.45) is 3.10. The third-order valence-electron chi connectivity index (χ3n) is 5.48. The lowest BCUT2D eigenvalue weighted by molar-refractivity contribution is 0.261. The molecule has 0 fully saturated rings. The summed E-state index contributed by atoms with van der Waals surface area (Å²) < 4.78 is 0. The van der Waals surface area contributed by atoms with Crippen LogP contribution in [-0.4, -0.2) is 19.8 Å². The molecule has 0 unspecified atom stereocenters. The Labute approximate surface area is 136 Å². The van der Waals surface area contributed by atoms with Gasteiger partial charge in [-0.25, -0.2) is 0 Å². The fourth-order valence-electron chi connectivity index (χ4n) is 3.26. The maximum Gasteiger partial charge on any atom is 0.0865 e. The highest BCUT2D eigenvalue weighted by Crippen LogP contribution is 2.45. The van der Waals surface area contributed by atoms with E-state index in [1.807, 2.05) is 0 Å². The maximum absolute atomic E-state index is 9.63. The Morgan fingerprint density at radius 2 is 1.41 bits per heavy atom. The van der Waals surface area contributed by atoms with Gasteiger partial charge < -0.3 is 5.11 Å². The van der Waals surface area contributed by atoms with Crippen LogP contribution in [-0.2, 0) is 6.42 Å². The van der Waals surface area contributed by atoms with Gasteiger partial charge in [0.25, 0.3) is 0 Å². The maximum atomic E-state index is 9.63. The molecular weight excluding hydrogens is 284 g/mol. The van der Waals surface area contributed by atoms with Gasteiger partial charge in [-0.05, 0) is 29.9 Å². The molecule has 0 aromatic heterocycles. The molecule has 0 radical (unpaired) electrons. The summed E-state index contributed by atoms with van der Waals surface area (Å²) in [7, 11) is -1.67.